The molecule has 0 amide bonds. The Labute approximate surface area is 76.2 Å². The first-order valence-electron chi connectivity index (χ1n) is 3.17. The Morgan fingerprint density at radius 3 is 2.82 bits per heavy atom. The van der Waals surface area contributed by atoms with Crippen LogP contribution in [0.15, 0.2) is 35.5 Å². The van der Waals surface area contributed by atoms with E-state index in [1.165, 1.54) is 0 Å². The first kappa shape index (κ1) is 8.12. The van der Waals surface area contributed by atoms with Gasteiger partial charge in [0, 0.05) is 6.07 Å². The summed E-state index contributed by atoms with van der Waals surface area (Å²) >= 11 is 0. The summed E-state index contributed by atoms with van der Waals surface area (Å²) in [6.07, 6.45) is 6.56. The molecule has 0 radical (unpaired) electrons. The second-order valence-electron chi connectivity index (χ2n) is 2.14. The van der Waals surface area contributed by atoms with Crippen LogP contribution in [0.2, 0.25) is 0 Å². The van der Waals surface area contributed by atoms with Crippen LogP contribution in [-0.2, 0) is 0 Å². The maximum atomic E-state index is 3.96. The summed E-state index contributed by atoms with van der Waals surface area (Å²) in [6.45, 7) is 0. The normalized spacial score (nSPS) is 11.3. The predicted molar refractivity (Wildman–Crippen MR) is 41.0 cm³/mol. The third-order valence-electron chi connectivity index (χ3n) is 1.47. The molecule has 11 heavy (non-hydrogen) atoms. The Balaban J connectivity index is 0.000000605. The molecule has 2 heteroatoms. The lowest BCUT2D eigenvalue weighted by Crippen LogP contribution is -3.00. The van der Waals surface area contributed by atoms with E-state index in [4.69, 9.17) is 0 Å². The van der Waals surface area contributed by atoms with Gasteiger partial charge in [-0.2, -0.15) is 0 Å². The minimum atomic E-state index is 0. The molecule has 2 rings (SSSR count). The van der Waals surface area contributed by atoms with Crippen molar-refractivity contribution in [3.05, 3.63) is 47.7 Å². The Kier molecular flexibility index (Phi) is 2.53. The van der Waals surface area contributed by atoms with Gasteiger partial charge < -0.3 is 17.0 Å². The van der Waals surface area contributed by atoms with E-state index in [-0.39, 0.29) is 17.0 Å². The highest BCUT2D eigenvalue weighted by molar-refractivity contribution is 5.83. The summed E-state index contributed by atoms with van der Waals surface area (Å²) in [5.41, 5.74) is 2.27. The van der Waals surface area contributed by atoms with Crippen molar-refractivity contribution in [3.8, 4) is 0 Å². The third-order valence-corrected chi connectivity index (χ3v) is 1.47. The minimum absolute atomic E-state index is 0. The van der Waals surface area contributed by atoms with Gasteiger partial charge in [-0.05, 0) is 12.1 Å². The van der Waals surface area contributed by atoms with Crippen LogP contribution in [0.1, 0.15) is 11.1 Å². The molecule has 0 aromatic heterocycles. The predicted octanol–water partition coefficient (Wildman–Crippen LogP) is -1.21. The maximum Gasteiger partial charge on any atom is 0.199 e. The second kappa shape index (κ2) is 3.42. The average Bonchev–Trinajstić information content (AvgIpc) is 2.05. The molecule has 0 saturated heterocycles. The Morgan fingerprint density at radius 1 is 1.18 bits per heavy atom. The molecule has 1 aliphatic heterocycles. The highest BCUT2D eigenvalue weighted by Crippen LogP contribution is 2.09. The number of nitrogens with zero attached hydrogens (tertiary/aromatic N) is 1. The topological polar surface area (TPSA) is 12.4 Å². The monoisotopic (exact) mass is 207 g/mol. The molecule has 54 valence electrons. The maximum absolute atomic E-state index is 3.96. The van der Waals surface area contributed by atoms with Crippen molar-refractivity contribution in [1.29, 1.82) is 0 Å². The van der Waals surface area contributed by atoms with Crippen LogP contribution in [0.25, 0.3) is 0 Å². The number of rotatable bonds is 0. The van der Waals surface area contributed by atoms with Crippen molar-refractivity contribution < 1.29 is 17.0 Å². The lowest BCUT2D eigenvalue weighted by molar-refractivity contribution is -0.00000194. The van der Waals surface area contributed by atoms with Gasteiger partial charge in [0.2, 0.25) is 0 Å². The summed E-state index contributed by atoms with van der Waals surface area (Å²) in [7, 11) is 0. The van der Waals surface area contributed by atoms with Crippen LogP contribution in [0.5, 0.6) is 0 Å². The molecule has 0 saturated carbocycles. The van der Waals surface area contributed by atoms with Gasteiger partial charge in [-0.3, -0.25) is 0 Å². The quantitative estimate of drug-likeness (QED) is 0.474. The fourth-order valence-electron chi connectivity index (χ4n) is 0.965. The van der Waals surface area contributed by atoms with Gasteiger partial charge in [-0.25, -0.2) is 4.99 Å². The van der Waals surface area contributed by atoms with Gasteiger partial charge in [-0.15, -0.1) is 0 Å². The van der Waals surface area contributed by atoms with E-state index in [2.05, 4.69) is 11.1 Å². The summed E-state index contributed by atoms with van der Waals surface area (Å²) in [5.74, 6) is 0. The van der Waals surface area contributed by atoms with E-state index in [1.807, 2.05) is 30.5 Å². The van der Waals surface area contributed by atoms with Crippen molar-refractivity contribution in [3.63, 3.8) is 0 Å². The molecular formula is C9H6BrN. The Morgan fingerprint density at radius 2 is 2.00 bits per heavy atom. The highest BCUT2D eigenvalue weighted by Gasteiger charge is 2.07. The Bertz CT molecular complexity index is 271. The second-order valence-corrected chi connectivity index (χ2v) is 2.14. The van der Waals surface area contributed by atoms with Crippen molar-refractivity contribution in [2.45, 2.75) is 0 Å². The lowest BCUT2D eigenvalue weighted by Gasteiger charge is -1.90. The van der Waals surface area contributed by atoms with Crippen LogP contribution in [0.3, 0.4) is 0 Å². The van der Waals surface area contributed by atoms with E-state index < -0.39 is 0 Å². The standard InChI is InChI=1S/C9H6N.BrH/c1-2-4-9-7-10-6-5-8(9)3-1;/h1-4,6-7H;1H/q+1;/p-1. The minimum Gasteiger partial charge on any atom is -1.00 e. The van der Waals surface area contributed by atoms with E-state index in [9.17, 15) is 0 Å². The number of hydrogen-bond donors (Lipinski definition) is 0. The zero-order chi connectivity index (χ0) is 6.81. The first-order valence-corrected chi connectivity index (χ1v) is 3.17. The zero-order valence-corrected chi connectivity index (χ0v) is 7.38. The van der Waals surface area contributed by atoms with Gasteiger partial charge in [0.15, 0.2) is 5.56 Å². The SMILES string of the molecule is [Br-].[C+]1=CN=Cc2ccccc21. The largest absolute Gasteiger partial charge is 1.00 e. The molecule has 1 heterocycles. The van der Waals surface area contributed by atoms with E-state index in [0.29, 0.717) is 0 Å². The summed E-state index contributed by atoms with van der Waals surface area (Å²) < 4.78 is 0. The molecule has 1 aromatic carbocycles. The molecule has 1 nitrogen and oxygen atoms in total. The van der Waals surface area contributed by atoms with Gasteiger partial charge in [-0.1, -0.05) is 0 Å². The molecule has 0 unspecified atom stereocenters. The Hall–Kier alpha value is -0.980. The van der Waals surface area contributed by atoms with Gasteiger partial charge >= 0.3 is 0 Å². The van der Waals surface area contributed by atoms with Crippen LogP contribution in [0, 0.1) is 6.08 Å². The molecule has 0 fully saturated rings. The van der Waals surface area contributed by atoms with Crippen molar-refractivity contribution in [2.24, 2.45) is 4.99 Å². The van der Waals surface area contributed by atoms with E-state index >= 15 is 0 Å². The third kappa shape index (κ3) is 1.53. The molecule has 1 aliphatic rings. The van der Waals surface area contributed by atoms with Crippen LogP contribution < -0.4 is 17.0 Å². The lowest BCUT2D eigenvalue weighted by atomic mass is 10.1. The molecular weight excluding hydrogens is 202 g/mol. The van der Waals surface area contributed by atoms with Gasteiger partial charge in [0.1, 0.15) is 11.8 Å². The molecule has 0 N–H and O–H groups in total. The van der Waals surface area contributed by atoms with Crippen molar-refractivity contribution in [2.75, 3.05) is 0 Å². The smallest absolute Gasteiger partial charge is 0.199 e. The fraction of sp³-hybridized carbons (Fsp3) is 0. The van der Waals surface area contributed by atoms with Gasteiger partial charge in [0.05, 0.1) is 18.4 Å². The summed E-state index contributed by atoms with van der Waals surface area (Å²) in [6, 6.07) is 8.05. The molecule has 1 aromatic rings. The number of benzene rings is 1. The fourth-order valence-corrected chi connectivity index (χ4v) is 0.965. The highest BCUT2D eigenvalue weighted by atomic mass is 79.9. The first-order chi connectivity index (χ1) is 4.97. The van der Waals surface area contributed by atoms with Crippen LogP contribution >= 0.6 is 0 Å². The van der Waals surface area contributed by atoms with Crippen molar-refractivity contribution in [1.82, 2.24) is 0 Å². The van der Waals surface area contributed by atoms with Crippen LogP contribution in [-0.4, -0.2) is 6.21 Å². The average molecular weight is 208 g/mol. The number of fused-ring (bicyclic) bond motifs is 1. The summed E-state index contributed by atoms with van der Waals surface area (Å²) in [5, 5.41) is 0. The van der Waals surface area contributed by atoms with Crippen LogP contribution in [0.4, 0.5) is 0 Å². The van der Waals surface area contributed by atoms with E-state index in [0.717, 1.165) is 11.1 Å². The number of aliphatic imine (C=N–C) groups is 1. The number of halogens is 1. The molecule has 0 aliphatic carbocycles. The molecule has 0 atom stereocenters. The number of hydrogen-bond acceptors (Lipinski definition) is 1. The summed E-state index contributed by atoms with van der Waals surface area (Å²) in [4.78, 5) is 3.96. The zero-order valence-electron chi connectivity index (χ0n) is 5.79. The molecule has 0 spiro atoms. The van der Waals surface area contributed by atoms with Crippen molar-refractivity contribution >= 4 is 6.21 Å². The van der Waals surface area contributed by atoms with Gasteiger partial charge in [0.25, 0.3) is 0 Å². The molecule has 0 bridgehead atoms. The van der Waals surface area contributed by atoms with E-state index in [1.54, 1.807) is 6.20 Å².